The third-order valence-electron chi connectivity index (χ3n) is 8.42. The molecule has 4 aliphatic rings. The maximum Gasteiger partial charge on any atom is 0.314 e. The summed E-state index contributed by atoms with van der Waals surface area (Å²) in [6.07, 6.45) is 7.37. The molecule has 26 heavy (non-hydrogen) atoms. The van der Waals surface area contributed by atoms with Crippen LogP contribution in [0.25, 0.3) is 0 Å². The van der Waals surface area contributed by atoms with E-state index in [1.165, 1.54) is 0 Å². The zero-order chi connectivity index (χ0) is 18.7. The van der Waals surface area contributed by atoms with Gasteiger partial charge in [0.1, 0.15) is 6.61 Å². The van der Waals surface area contributed by atoms with E-state index < -0.39 is 18.0 Å². The van der Waals surface area contributed by atoms with Crippen LogP contribution >= 0.6 is 0 Å². The molecule has 0 aromatic carbocycles. The summed E-state index contributed by atoms with van der Waals surface area (Å²) in [5.41, 5.74) is -0.157. The summed E-state index contributed by atoms with van der Waals surface area (Å²) in [7, 11) is 0. The highest BCUT2D eigenvalue weighted by atomic mass is 16.4. The summed E-state index contributed by atoms with van der Waals surface area (Å²) >= 11 is 0. The zero-order valence-corrected chi connectivity index (χ0v) is 15.4. The van der Waals surface area contributed by atoms with E-state index in [2.05, 4.69) is 6.92 Å². The monoisotopic (exact) mass is 360 g/mol. The molecule has 0 bridgehead atoms. The van der Waals surface area contributed by atoms with Gasteiger partial charge in [0, 0.05) is 12.3 Å². The van der Waals surface area contributed by atoms with Gasteiger partial charge in [-0.25, -0.2) is 0 Å². The highest BCUT2D eigenvalue weighted by molar-refractivity contribution is 5.95. The topological polar surface area (TPSA) is 91.7 Å². The van der Waals surface area contributed by atoms with E-state index in [0.717, 1.165) is 37.7 Å². The van der Waals surface area contributed by atoms with Crippen LogP contribution in [0.2, 0.25) is 0 Å². The fraction of sp³-hybridized carbons (Fsp3) is 0.762. The van der Waals surface area contributed by atoms with E-state index in [0.29, 0.717) is 31.1 Å². The highest BCUT2D eigenvalue weighted by Gasteiger charge is 2.63. The van der Waals surface area contributed by atoms with Crippen molar-refractivity contribution in [3.63, 3.8) is 0 Å². The van der Waals surface area contributed by atoms with Crippen molar-refractivity contribution in [1.29, 1.82) is 0 Å². The molecule has 0 saturated heterocycles. The van der Waals surface area contributed by atoms with E-state index in [-0.39, 0.29) is 28.8 Å². The fourth-order valence-electron chi connectivity index (χ4n) is 7.26. The van der Waals surface area contributed by atoms with E-state index in [4.69, 9.17) is 0 Å². The van der Waals surface area contributed by atoms with Gasteiger partial charge in [-0.3, -0.25) is 14.4 Å². The lowest BCUT2D eigenvalue weighted by atomic mass is 9.46. The average molecular weight is 360 g/mol. The van der Waals surface area contributed by atoms with Crippen molar-refractivity contribution in [3.05, 3.63) is 11.6 Å². The van der Waals surface area contributed by atoms with Crippen LogP contribution in [0, 0.1) is 34.5 Å². The SMILES string of the molecule is C[C@@]12CC[C@H]3[C@@H](CCC4=CC(=O)CC[C@@]43C(=O)O)[C@@H]1CC[C@@H]2C(=O)CO. The van der Waals surface area contributed by atoms with Crippen LogP contribution < -0.4 is 0 Å². The van der Waals surface area contributed by atoms with Crippen molar-refractivity contribution in [3.8, 4) is 0 Å². The second-order valence-electron chi connectivity index (χ2n) is 9.13. The molecule has 0 spiro atoms. The molecular weight excluding hydrogens is 332 g/mol. The second kappa shape index (κ2) is 6.01. The quantitative estimate of drug-likeness (QED) is 0.807. The Morgan fingerprint density at radius 2 is 1.88 bits per heavy atom. The summed E-state index contributed by atoms with van der Waals surface area (Å²) in [6, 6.07) is 0. The van der Waals surface area contributed by atoms with Crippen molar-refractivity contribution in [2.24, 2.45) is 34.5 Å². The molecule has 2 N–H and O–H groups in total. The van der Waals surface area contributed by atoms with Crippen molar-refractivity contribution in [2.45, 2.75) is 58.3 Å². The Hall–Kier alpha value is -1.49. The Balaban J connectivity index is 1.71. The van der Waals surface area contributed by atoms with Gasteiger partial charge in [-0.1, -0.05) is 6.92 Å². The molecular formula is C21H28O5. The summed E-state index contributed by atoms with van der Waals surface area (Å²) in [5.74, 6) is -0.149. The largest absolute Gasteiger partial charge is 0.481 e. The number of ketones is 2. The number of Topliss-reactive ketones (excluding diaryl/α,β-unsaturated/α-hetero) is 1. The minimum absolute atomic E-state index is 0.0546. The predicted molar refractivity (Wildman–Crippen MR) is 94.3 cm³/mol. The number of rotatable bonds is 3. The van der Waals surface area contributed by atoms with Crippen LogP contribution in [-0.4, -0.2) is 34.4 Å². The van der Waals surface area contributed by atoms with Crippen LogP contribution in [0.3, 0.4) is 0 Å². The number of aliphatic hydroxyl groups excluding tert-OH is 1. The van der Waals surface area contributed by atoms with Crippen molar-refractivity contribution >= 4 is 17.5 Å². The molecule has 0 aromatic heterocycles. The minimum Gasteiger partial charge on any atom is -0.481 e. The minimum atomic E-state index is -0.878. The van der Waals surface area contributed by atoms with Crippen LogP contribution in [0.4, 0.5) is 0 Å². The molecule has 3 fully saturated rings. The Labute approximate surface area is 153 Å². The summed E-state index contributed by atoms with van der Waals surface area (Å²) in [5, 5.41) is 19.6. The Kier molecular flexibility index (Phi) is 4.14. The molecule has 4 rings (SSSR count). The average Bonchev–Trinajstić information content (AvgIpc) is 2.97. The number of carboxylic acids is 1. The fourth-order valence-corrected chi connectivity index (χ4v) is 7.26. The molecule has 0 aromatic rings. The standard InChI is InChI=1S/C21H28O5/c1-20-8-7-16-14(15(20)4-5-17(20)18(24)11-22)3-2-12-10-13(23)6-9-21(12,16)19(25)26/h10,14-17,22H,2-9,11H2,1H3,(H,25,26)/t14-,15-,16-,17+,20+,21+/m0/s1. The van der Waals surface area contributed by atoms with Crippen LogP contribution in [0.15, 0.2) is 11.6 Å². The van der Waals surface area contributed by atoms with Gasteiger partial charge < -0.3 is 10.2 Å². The summed E-state index contributed by atoms with van der Waals surface area (Å²) in [6.45, 7) is 1.79. The normalized spacial score (nSPS) is 44.5. The number of hydrogen-bond donors (Lipinski definition) is 2. The molecule has 4 aliphatic carbocycles. The number of aliphatic carboxylic acids is 1. The van der Waals surface area contributed by atoms with Gasteiger partial charge in [0.15, 0.2) is 11.6 Å². The van der Waals surface area contributed by atoms with Crippen molar-refractivity contribution in [2.75, 3.05) is 6.61 Å². The van der Waals surface area contributed by atoms with Crippen molar-refractivity contribution in [1.82, 2.24) is 0 Å². The van der Waals surface area contributed by atoms with Crippen LogP contribution in [-0.2, 0) is 14.4 Å². The Bertz CT molecular complexity index is 695. The lowest BCUT2D eigenvalue weighted by molar-refractivity contribution is -0.160. The molecule has 0 aliphatic heterocycles. The lowest BCUT2D eigenvalue weighted by Gasteiger charge is -2.57. The molecule has 142 valence electrons. The van der Waals surface area contributed by atoms with Crippen LogP contribution in [0.1, 0.15) is 58.3 Å². The lowest BCUT2D eigenvalue weighted by Crippen LogP contribution is -2.55. The van der Waals surface area contributed by atoms with Gasteiger partial charge >= 0.3 is 5.97 Å². The number of carbonyl (C=O) groups excluding carboxylic acids is 2. The molecule has 5 nitrogen and oxygen atoms in total. The van der Waals surface area contributed by atoms with Gasteiger partial charge in [0.25, 0.3) is 0 Å². The van der Waals surface area contributed by atoms with Crippen LogP contribution in [0.5, 0.6) is 0 Å². The third-order valence-corrected chi connectivity index (χ3v) is 8.42. The molecule has 0 amide bonds. The van der Waals surface area contributed by atoms with Gasteiger partial charge in [-0.15, -0.1) is 0 Å². The first kappa shape index (κ1) is 17.9. The van der Waals surface area contributed by atoms with Gasteiger partial charge in [-0.05, 0) is 79.8 Å². The van der Waals surface area contributed by atoms with E-state index in [9.17, 15) is 24.6 Å². The molecule has 0 unspecified atom stereocenters. The number of aliphatic hydroxyl groups is 1. The number of carboxylic acid groups (broad SMARTS) is 1. The Morgan fingerprint density at radius 1 is 1.12 bits per heavy atom. The number of fused-ring (bicyclic) bond motifs is 5. The van der Waals surface area contributed by atoms with E-state index in [1.54, 1.807) is 6.08 Å². The molecule has 3 saturated carbocycles. The second-order valence-corrected chi connectivity index (χ2v) is 9.13. The first-order valence-electron chi connectivity index (χ1n) is 9.95. The molecule has 0 radical (unpaired) electrons. The molecule has 0 heterocycles. The van der Waals surface area contributed by atoms with Gasteiger partial charge in [-0.2, -0.15) is 0 Å². The summed E-state index contributed by atoms with van der Waals surface area (Å²) in [4.78, 5) is 36.6. The first-order valence-corrected chi connectivity index (χ1v) is 9.95. The van der Waals surface area contributed by atoms with Crippen molar-refractivity contribution < 1.29 is 24.6 Å². The smallest absolute Gasteiger partial charge is 0.314 e. The van der Waals surface area contributed by atoms with Gasteiger partial charge in [0.2, 0.25) is 0 Å². The number of hydrogen-bond acceptors (Lipinski definition) is 4. The highest BCUT2D eigenvalue weighted by Crippen LogP contribution is 2.66. The first-order chi connectivity index (χ1) is 12.3. The molecule has 5 heteroatoms. The van der Waals surface area contributed by atoms with Gasteiger partial charge in [0.05, 0.1) is 5.41 Å². The van der Waals surface area contributed by atoms with E-state index >= 15 is 0 Å². The summed E-state index contributed by atoms with van der Waals surface area (Å²) < 4.78 is 0. The Morgan fingerprint density at radius 3 is 2.58 bits per heavy atom. The third kappa shape index (κ3) is 2.22. The number of carbonyl (C=O) groups is 3. The predicted octanol–water partition coefficient (Wildman–Crippen LogP) is 2.76. The maximum atomic E-state index is 12.4. The molecule has 6 atom stereocenters. The van der Waals surface area contributed by atoms with E-state index in [1.807, 2.05) is 0 Å². The zero-order valence-electron chi connectivity index (χ0n) is 15.4. The maximum absolute atomic E-state index is 12.4.